The summed E-state index contributed by atoms with van der Waals surface area (Å²) in [7, 11) is -0.672. The van der Waals surface area contributed by atoms with E-state index in [0.717, 1.165) is 5.56 Å². The van der Waals surface area contributed by atoms with Crippen molar-refractivity contribution in [2.24, 2.45) is 11.4 Å². The van der Waals surface area contributed by atoms with Crippen molar-refractivity contribution in [2.75, 3.05) is 6.26 Å². The largest absolute Gasteiger partial charge is 0.400 e. The van der Waals surface area contributed by atoms with Gasteiger partial charge in [0.1, 0.15) is 5.65 Å². The van der Waals surface area contributed by atoms with Crippen LogP contribution in [0.15, 0.2) is 45.8 Å². The Hall–Kier alpha value is -2.86. The standard InChI is InChI=1S/C17H16ClF2N7O2S/c1-26-8-11(6-21-26)10-30(2,28)22-7-13-9-27-4-3-12(5-14(27)23-13)15-24-16(29-25-15)17(18,19)20/h3-6,8-9H,7,10H2,1-2H3. The highest BCUT2D eigenvalue weighted by molar-refractivity contribution is 7.92. The van der Waals surface area contributed by atoms with Gasteiger partial charge < -0.3 is 8.92 Å². The van der Waals surface area contributed by atoms with Crippen LogP contribution < -0.4 is 0 Å². The lowest BCUT2D eigenvalue weighted by atomic mass is 10.2. The van der Waals surface area contributed by atoms with Gasteiger partial charge in [-0.3, -0.25) is 4.68 Å². The van der Waals surface area contributed by atoms with Gasteiger partial charge in [-0.1, -0.05) is 5.16 Å². The van der Waals surface area contributed by atoms with E-state index in [1.54, 1.807) is 59.3 Å². The van der Waals surface area contributed by atoms with Gasteiger partial charge in [0.15, 0.2) is 0 Å². The van der Waals surface area contributed by atoms with Gasteiger partial charge >= 0.3 is 11.3 Å². The number of fused-ring (bicyclic) bond motifs is 1. The van der Waals surface area contributed by atoms with Crippen molar-refractivity contribution in [1.29, 1.82) is 0 Å². The van der Waals surface area contributed by atoms with E-state index in [-0.39, 0.29) is 12.4 Å². The monoisotopic (exact) mass is 455 g/mol. The number of imidazole rings is 1. The van der Waals surface area contributed by atoms with Crippen LogP contribution in [0.2, 0.25) is 0 Å². The first-order valence-corrected chi connectivity index (χ1v) is 11.1. The first kappa shape index (κ1) is 20.4. The average molecular weight is 456 g/mol. The van der Waals surface area contributed by atoms with Crippen LogP contribution in [0.1, 0.15) is 17.1 Å². The maximum absolute atomic E-state index is 13.1. The van der Waals surface area contributed by atoms with Crippen molar-refractivity contribution in [1.82, 2.24) is 29.3 Å². The predicted octanol–water partition coefficient (Wildman–Crippen LogP) is 3.20. The lowest BCUT2D eigenvalue weighted by Crippen LogP contribution is -2.03. The van der Waals surface area contributed by atoms with Crippen molar-refractivity contribution in [3.8, 4) is 11.4 Å². The van der Waals surface area contributed by atoms with E-state index in [2.05, 4.69) is 29.1 Å². The Balaban J connectivity index is 1.55. The van der Waals surface area contributed by atoms with Crippen molar-refractivity contribution < 1.29 is 17.5 Å². The molecule has 4 heterocycles. The highest BCUT2D eigenvalue weighted by Crippen LogP contribution is 2.32. The molecule has 13 heteroatoms. The Morgan fingerprint density at radius 2 is 2.13 bits per heavy atom. The Labute approximate surface area is 174 Å². The topological polar surface area (TPSA) is 103 Å². The van der Waals surface area contributed by atoms with Crippen LogP contribution in [0, 0.1) is 0 Å². The number of halogens is 3. The molecule has 0 bridgehead atoms. The quantitative estimate of drug-likeness (QED) is 0.413. The van der Waals surface area contributed by atoms with E-state index in [0.29, 0.717) is 22.7 Å². The third-order valence-electron chi connectivity index (χ3n) is 4.13. The number of pyridine rings is 1. The zero-order valence-corrected chi connectivity index (χ0v) is 17.4. The highest BCUT2D eigenvalue weighted by atomic mass is 35.5. The molecule has 4 aromatic heterocycles. The minimum atomic E-state index is -3.74. The smallest absolute Gasteiger partial charge is 0.331 e. The molecule has 4 rings (SSSR count). The zero-order valence-electron chi connectivity index (χ0n) is 15.9. The van der Waals surface area contributed by atoms with Crippen LogP contribution in [-0.2, 0) is 34.5 Å². The summed E-state index contributed by atoms with van der Waals surface area (Å²) >= 11 is 4.90. The molecule has 0 aliphatic carbocycles. The van der Waals surface area contributed by atoms with E-state index in [1.165, 1.54) is 0 Å². The summed E-state index contributed by atoms with van der Waals surface area (Å²) < 4.78 is 51.1. The van der Waals surface area contributed by atoms with Gasteiger partial charge in [0, 0.05) is 52.7 Å². The molecule has 0 N–H and O–H groups in total. The fourth-order valence-electron chi connectivity index (χ4n) is 2.81. The summed E-state index contributed by atoms with van der Waals surface area (Å²) in [5, 5.41) is 3.85. The summed E-state index contributed by atoms with van der Waals surface area (Å²) in [6.45, 7) is 0.164. The second kappa shape index (κ2) is 7.43. The molecular formula is C17H16ClF2N7O2S. The SMILES string of the molecule is Cn1cc(CS(C)(=O)=NCc2cn3ccc(-c4noc(C(F)(F)Cl)n4)cc3n2)cn1. The maximum Gasteiger partial charge on any atom is 0.400 e. The molecule has 158 valence electrons. The van der Waals surface area contributed by atoms with Crippen LogP contribution in [-0.4, -0.2) is 39.8 Å². The summed E-state index contributed by atoms with van der Waals surface area (Å²) in [5.41, 5.74) is 2.41. The van der Waals surface area contributed by atoms with Gasteiger partial charge in [-0.25, -0.2) is 13.6 Å². The first-order valence-electron chi connectivity index (χ1n) is 8.61. The van der Waals surface area contributed by atoms with E-state index >= 15 is 0 Å². The molecule has 0 aromatic carbocycles. The Morgan fingerprint density at radius 3 is 2.80 bits per heavy atom. The number of hydrogen-bond acceptors (Lipinski definition) is 7. The van der Waals surface area contributed by atoms with Gasteiger partial charge in [-0.15, -0.1) is 0 Å². The fourth-order valence-corrected chi connectivity index (χ4v) is 4.15. The minimum Gasteiger partial charge on any atom is -0.331 e. The molecule has 0 amide bonds. The second-order valence-corrected chi connectivity index (χ2v) is 9.69. The minimum absolute atomic E-state index is 0.0323. The second-order valence-electron chi connectivity index (χ2n) is 6.75. The van der Waals surface area contributed by atoms with E-state index in [9.17, 15) is 13.0 Å². The van der Waals surface area contributed by atoms with Crippen LogP contribution in [0.5, 0.6) is 0 Å². The molecule has 0 saturated carbocycles. The molecule has 0 radical (unpaired) electrons. The van der Waals surface area contributed by atoms with E-state index < -0.39 is 21.0 Å². The fraction of sp³-hybridized carbons (Fsp3) is 0.294. The van der Waals surface area contributed by atoms with Gasteiger partial charge in [0.05, 0.1) is 24.2 Å². The number of nitrogens with zero attached hydrogens (tertiary/aromatic N) is 7. The third kappa shape index (κ3) is 4.49. The van der Waals surface area contributed by atoms with E-state index in [1.807, 2.05) is 0 Å². The average Bonchev–Trinajstić information content (AvgIpc) is 3.37. The number of aromatic nitrogens is 6. The molecule has 0 spiro atoms. The summed E-state index contributed by atoms with van der Waals surface area (Å²) in [6.07, 6.45) is 8.48. The van der Waals surface area contributed by atoms with Crippen molar-refractivity contribution >= 4 is 27.0 Å². The summed E-state index contributed by atoms with van der Waals surface area (Å²) in [5.74, 6) is -0.715. The molecule has 4 aromatic rings. The number of rotatable bonds is 6. The first-order chi connectivity index (χ1) is 14.1. The Bertz CT molecular complexity index is 1330. The van der Waals surface area contributed by atoms with Gasteiger partial charge in [-0.2, -0.15) is 18.9 Å². The van der Waals surface area contributed by atoms with Crippen LogP contribution in [0.4, 0.5) is 8.78 Å². The van der Waals surface area contributed by atoms with Crippen molar-refractivity contribution in [2.45, 2.75) is 17.7 Å². The van der Waals surface area contributed by atoms with Gasteiger partial charge in [0.2, 0.25) is 5.82 Å². The predicted molar refractivity (Wildman–Crippen MR) is 105 cm³/mol. The van der Waals surface area contributed by atoms with Crippen LogP contribution in [0.3, 0.4) is 0 Å². The lowest BCUT2D eigenvalue weighted by molar-refractivity contribution is 0.0551. The highest BCUT2D eigenvalue weighted by Gasteiger charge is 2.35. The molecular weight excluding hydrogens is 440 g/mol. The Morgan fingerprint density at radius 1 is 1.33 bits per heavy atom. The number of aryl methyl sites for hydroxylation is 1. The summed E-state index contributed by atoms with van der Waals surface area (Å²) in [4.78, 5) is 8.05. The Kier molecular flexibility index (Phi) is 5.06. The number of alkyl halides is 3. The normalized spacial score (nSPS) is 14.2. The van der Waals surface area contributed by atoms with Gasteiger partial charge in [0.25, 0.3) is 0 Å². The van der Waals surface area contributed by atoms with Crippen molar-refractivity contribution in [3.05, 3.63) is 54.1 Å². The molecule has 9 nitrogen and oxygen atoms in total. The maximum atomic E-state index is 13.1. The molecule has 0 saturated heterocycles. The van der Waals surface area contributed by atoms with Crippen molar-refractivity contribution in [3.63, 3.8) is 0 Å². The molecule has 1 atom stereocenters. The molecule has 0 fully saturated rings. The zero-order chi connectivity index (χ0) is 21.5. The molecule has 0 aliphatic rings. The van der Waals surface area contributed by atoms with Crippen LogP contribution in [0.25, 0.3) is 17.0 Å². The molecule has 1 unspecified atom stereocenters. The van der Waals surface area contributed by atoms with E-state index in [4.69, 9.17) is 11.6 Å². The molecule has 0 aliphatic heterocycles. The molecule has 30 heavy (non-hydrogen) atoms. The summed E-state index contributed by atoms with van der Waals surface area (Å²) in [6, 6.07) is 3.24. The van der Waals surface area contributed by atoms with Crippen LogP contribution >= 0.6 is 11.6 Å². The number of hydrogen-bond donors (Lipinski definition) is 0. The van der Waals surface area contributed by atoms with Gasteiger partial charge in [-0.05, 0) is 23.7 Å². The lowest BCUT2D eigenvalue weighted by Gasteiger charge is -2.01. The third-order valence-corrected chi connectivity index (χ3v) is 5.84.